The first-order valence-electron chi connectivity index (χ1n) is 5.30. The van der Waals surface area contributed by atoms with Crippen molar-refractivity contribution >= 4 is 5.97 Å². The van der Waals surface area contributed by atoms with Crippen LogP contribution in [0.1, 0.15) is 25.7 Å². The minimum Gasteiger partial charge on any atom is -0.480 e. The Labute approximate surface area is 100 Å². The molecule has 0 aromatic carbocycles. The highest BCUT2D eigenvalue weighted by molar-refractivity contribution is 5.69. The van der Waals surface area contributed by atoms with Gasteiger partial charge < -0.3 is 5.11 Å². The summed E-state index contributed by atoms with van der Waals surface area (Å²) in [6.07, 6.45) is 6.67. The maximum absolute atomic E-state index is 10.7. The predicted molar refractivity (Wildman–Crippen MR) is 62.2 cm³/mol. The number of nitrogens with zero attached hydrogens (tertiary/aromatic N) is 4. The molecule has 17 heavy (non-hydrogen) atoms. The molecule has 0 radical (unpaired) electrons. The van der Waals surface area contributed by atoms with E-state index in [0.29, 0.717) is 6.54 Å². The normalized spacial score (nSPS) is 10.8. The van der Waals surface area contributed by atoms with E-state index in [9.17, 15) is 4.79 Å². The monoisotopic (exact) mass is 236 g/mol. The molecular formula is C11H16N4O2. The van der Waals surface area contributed by atoms with E-state index < -0.39 is 5.97 Å². The number of aromatic nitrogens is 3. The van der Waals surface area contributed by atoms with Gasteiger partial charge in [0.2, 0.25) is 0 Å². The zero-order valence-electron chi connectivity index (χ0n) is 10.00. The molecule has 1 N–H and O–H groups in total. The second-order valence-electron chi connectivity index (χ2n) is 3.96. The van der Waals surface area contributed by atoms with Gasteiger partial charge in [-0.05, 0) is 13.8 Å². The molecule has 0 fully saturated rings. The molecule has 0 saturated heterocycles. The van der Waals surface area contributed by atoms with Crippen molar-refractivity contribution in [2.45, 2.75) is 26.4 Å². The lowest BCUT2D eigenvalue weighted by Crippen LogP contribution is -2.31. The summed E-state index contributed by atoms with van der Waals surface area (Å²) in [5, 5.41) is 12.9. The second kappa shape index (κ2) is 6.01. The van der Waals surface area contributed by atoms with E-state index in [1.165, 1.54) is 6.33 Å². The summed E-state index contributed by atoms with van der Waals surface area (Å²) in [5.74, 6) is 2.25. The maximum Gasteiger partial charge on any atom is 0.317 e. The molecule has 0 unspecified atom stereocenters. The standard InChI is InChI=1S/C11H16N4O2/c1-4-5-14(7-11(16)17)6-10-12-8-13-15(10)9(2)3/h1,8-9H,5-7H2,2-3H3,(H,16,17). The van der Waals surface area contributed by atoms with Gasteiger partial charge in [-0.2, -0.15) is 5.10 Å². The Morgan fingerprint density at radius 1 is 1.71 bits per heavy atom. The van der Waals surface area contributed by atoms with Crippen molar-refractivity contribution in [2.75, 3.05) is 13.1 Å². The molecule has 6 heteroatoms. The van der Waals surface area contributed by atoms with E-state index in [4.69, 9.17) is 11.5 Å². The van der Waals surface area contributed by atoms with Gasteiger partial charge in [0.05, 0.1) is 19.6 Å². The lowest BCUT2D eigenvalue weighted by Gasteiger charge is -2.18. The number of hydrogen-bond acceptors (Lipinski definition) is 4. The average molecular weight is 236 g/mol. The van der Waals surface area contributed by atoms with Gasteiger partial charge in [-0.25, -0.2) is 9.67 Å². The average Bonchev–Trinajstić information content (AvgIpc) is 2.65. The molecule has 0 amide bonds. The molecule has 0 aliphatic carbocycles. The summed E-state index contributed by atoms with van der Waals surface area (Å²) in [7, 11) is 0. The Kier molecular flexibility index (Phi) is 4.67. The lowest BCUT2D eigenvalue weighted by molar-refractivity contribution is -0.138. The Balaban J connectivity index is 2.75. The number of rotatable bonds is 6. The summed E-state index contributed by atoms with van der Waals surface area (Å²) in [5.41, 5.74) is 0. The zero-order chi connectivity index (χ0) is 12.8. The van der Waals surface area contributed by atoms with Gasteiger partial charge in [-0.1, -0.05) is 5.92 Å². The molecule has 1 rings (SSSR count). The van der Waals surface area contributed by atoms with Crippen LogP contribution in [-0.2, 0) is 11.3 Å². The van der Waals surface area contributed by atoms with Crippen LogP contribution < -0.4 is 0 Å². The molecule has 0 atom stereocenters. The summed E-state index contributed by atoms with van der Waals surface area (Å²) >= 11 is 0. The first-order valence-corrected chi connectivity index (χ1v) is 5.30. The Hall–Kier alpha value is -1.87. The third-order valence-electron chi connectivity index (χ3n) is 2.18. The summed E-state index contributed by atoms with van der Waals surface area (Å²) in [4.78, 5) is 16.4. The molecule has 1 heterocycles. The quantitative estimate of drug-likeness (QED) is 0.723. The molecule has 6 nitrogen and oxygen atoms in total. The molecule has 0 aliphatic rings. The largest absolute Gasteiger partial charge is 0.480 e. The lowest BCUT2D eigenvalue weighted by atomic mass is 10.3. The Morgan fingerprint density at radius 3 is 2.94 bits per heavy atom. The number of carbonyl (C=O) groups is 1. The molecule has 1 aromatic heterocycles. The molecule has 0 aliphatic heterocycles. The minimum atomic E-state index is -0.907. The fraction of sp³-hybridized carbons (Fsp3) is 0.545. The van der Waals surface area contributed by atoms with Gasteiger partial charge >= 0.3 is 5.97 Å². The van der Waals surface area contributed by atoms with Gasteiger partial charge in [0.25, 0.3) is 0 Å². The molecule has 92 valence electrons. The van der Waals surface area contributed by atoms with E-state index in [0.717, 1.165) is 5.82 Å². The highest BCUT2D eigenvalue weighted by Crippen LogP contribution is 2.07. The molecule has 0 spiro atoms. The van der Waals surface area contributed by atoms with Gasteiger partial charge in [-0.15, -0.1) is 6.42 Å². The zero-order valence-corrected chi connectivity index (χ0v) is 10.00. The molecule has 1 aromatic rings. The van der Waals surface area contributed by atoms with Crippen molar-refractivity contribution in [1.82, 2.24) is 19.7 Å². The van der Waals surface area contributed by atoms with Crippen LogP contribution in [0.3, 0.4) is 0 Å². The van der Waals surface area contributed by atoms with Crippen LogP contribution in [0.5, 0.6) is 0 Å². The smallest absolute Gasteiger partial charge is 0.317 e. The topological polar surface area (TPSA) is 71.2 Å². The molecular weight excluding hydrogens is 220 g/mol. The summed E-state index contributed by atoms with van der Waals surface area (Å²) in [6.45, 7) is 4.53. The Morgan fingerprint density at radius 2 is 2.41 bits per heavy atom. The number of hydrogen-bond donors (Lipinski definition) is 1. The number of carboxylic acid groups (broad SMARTS) is 1. The van der Waals surface area contributed by atoms with E-state index in [1.54, 1.807) is 9.58 Å². The third kappa shape index (κ3) is 3.89. The van der Waals surface area contributed by atoms with Gasteiger partial charge in [0.1, 0.15) is 12.2 Å². The first-order chi connectivity index (χ1) is 8.04. The predicted octanol–water partition coefficient (Wildman–Crippen LogP) is 0.379. The van der Waals surface area contributed by atoms with Gasteiger partial charge in [-0.3, -0.25) is 9.69 Å². The van der Waals surface area contributed by atoms with Crippen molar-refractivity contribution in [2.24, 2.45) is 0 Å². The van der Waals surface area contributed by atoms with E-state index in [-0.39, 0.29) is 19.1 Å². The van der Waals surface area contributed by atoms with Crippen LogP contribution >= 0.6 is 0 Å². The van der Waals surface area contributed by atoms with Crippen LogP contribution in [0.15, 0.2) is 6.33 Å². The van der Waals surface area contributed by atoms with Crippen molar-refractivity contribution in [1.29, 1.82) is 0 Å². The van der Waals surface area contributed by atoms with E-state index in [1.807, 2.05) is 13.8 Å². The number of terminal acetylenes is 1. The second-order valence-corrected chi connectivity index (χ2v) is 3.96. The fourth-order valence-electron chi connectivity index (χ4n) is 1.51. The molecule has 0 bridgehead atoms. The van der Waals surface area contributed by atoms with E-state index >= 15 is 0 Å². The first kappa shape index (κ1) is 13.2. The van der Waals surface area contributed by atoms with Crippen LogP contribution in [0.4, 0.5) is 0 Å². The van der Waals surface area contributed by atoms with Crippen molar-refractivity contribution in [3.63, 3.8) is 0 Å². The van der Waals surface area contributed by atoms with Crippen LogP contribution in [0.25, 0.3) is 0 Å². The van der Waals surface area contributed by atoms with Crippen LogP contribution in [0, 0.1) is 12.3 Å². The number of carboxylic acids is 1. The summed E-state index contributed by atoms with van der Waals surface area (Å²) < 4.78 is 1.76. The van der Waals surface area contributed by atoms with Crippen molar-refractivity contribution in [3.8, 4) is 12.3 Å². The van der Waals surface area contributed by atoms with Gasteiger partial charge in [0.15, 0.2) is 0 Å². The third-order valence-corrected chi connectivity index (χ3v) is 2.18. The van der Waals surface area contributed by atoms with Crippen molar-refractivity contribution < 1.29 is 9.90 Å². The van der Waals surface area contributed by atoms with Gasteiger partial charge in [0, 0.05) is 6.04 Å². The highest BCUT2D eigenvalue weighted by Gasteiger charge is 2.14. The Bertz CT molecular complexity index is 419. The van der Waals surface area contributed by atoms with Crippen molar-refractivity contribution in [3.05, 3.63) is 12.2 Å². The number of aliphatic carboxylic acids is 1. The highest BCUT2D eigenvalue weighted by atomic mass is 16.4. The fourth-order valence-corrected chi connectivity index (χ4v) is 1.51. The van der Waals surface area contributed by atoms with Crippen LogP contribution in [0.2, 0.25) is 0 Å². The SMILES string of the molecule is C#CCN(CC(=O)O)Cc1ncnn1C(C)C. The maximum atomic E-state index is 10.7. The van der Waals surface area contributed by atoms with Crippen LogP contribution in [-0.4, -0.2) is 43.8 Å². The van der Waals surface area contributed by atoms with E-state index in [2.05, 4.69) is 16.0 Å². The summed E-state index contributed by atoms with van der Waals surface area (Å²) in [6, 6.07) is 0.185. The minimum absolute atomic E-state index is 0.102. The molecule has 0 saturated carbocycles.